The lowest BCUT2D eigenvalue weighted by atomic mass is 10.1. The molecule has 1 amide bonds. The molecule has 0 aromatic carbocycles. The zero-order valence-electron chi connectivity index (χ0n) is 14.0. The van der Waals surface area contributed by atoms with Crippen molar-refractivity contribution in [2.24, 2.45) is 4.99 Å². The molecule has 8 nitrogen and oxygen atoms in total. The number of amides is 1. The monoisotopic (exact) mass is 319 g/mol. The Balaban J connectivity index is 1.70. The number of carbonyl (C=O) groups is 1. The van der Waals surface area contributed by atoms with E-state index in [4.69, 9.17) is 0 Å². The van der Waals surface area contributed by atoms with Crippen LogP contribution in [0.5, 0.6) is 0 Å². The topological polar surface area (TPSA) is 87.4 Å². The number of nitrogens with one attached hydrogen (secondary N) is 2. The number of rotatable bonds is 4. The van der Waals surface area contributed by atoms with Gasteiger partial charge in [-0.3, -0.25) is 4.79 Å². The van der Waals surface area contributed by atoms with Gasteiger partial charge in [-0.05, 0) is 32.6 Å². The third kappa shape index (κ3) is 4.00. The number of hydrogen-bond acceptors (Lipinski definition) is 4. The Morgan fingerprint density at radius 3 is 2.83 bits per heavy atom. The molecule has 2 N–H and O–H groups in total. The molecule has 3 rings (SSSR count). The second kappa shape index (κ2) is 6.55. The molecule has 1 aromatic heterocycles. The van der Waals surface area contributed by atoms with Crippen molar-refractivity contribution in [1.82, 2.24) is 30.3 Å². The molecule has 1 saturated carbocycles. The third-order valence-corrected chi connectivity index (χ3v) is 4.08. The summed E-state index contributed by atoms with van der Waals surface area (Å²) in [5.41, 5.74) is 0. The van der Waals surface area contributed by atoms with Gasteiger partial charge in [0.15, 0.2) is 5.96 Å². The molecule has 1 unspecified atom stereocenters. The fourth-order valence-electron chi connectivity index (χ4n) is 2.61. The van der Waals surface area contributed by atoms with Crippen LogP contribution in [0.4, 0.5) is 0 Å². The second-order valence-electron chi connectivity index (χ2n) is 6.45. The van der Waals surface area contributed by atoms with Crippen LogP contribution in [-0.2, 0) is 11.3 Å². The number of nitrogens with zero attached hydrogens (tertiary/aromatic N) is 5. The summed E-state index contributed by atoms with van der Waals surface area (Å²) in [6, 6.07) is 0.559. The molecule has 8 heteroatoms. The van der Waals surface area contributed by atoms with E-state index in [0.29, 0.717) is 12.0 Å². The number of guanidine groups is 1. The van der Waals surface area contributed by atoms with Gasteiger partial charge in [0.1, 0.15) is 18.2 Å². The van der Waals surface area contributed by atoms with Gasteiger partial charge in [0, 0.05) is 26.7 Å². The minimum absolute atomic E-state index is 0.00967. The van der Waals surface area contributed by atoms with E-state index in [1.807, 2.05) is 11.6 Å². The normalized spacial score (nSPS) is 20.8. The lowest BCUT2D eigenvalue weighted by Gasteiger charge is -2.25. The maximum atomic E-state index is 11.8. The fourth-order valence-corrected chi connectivity index (χ4v) is 2.61. The van der Waals surface area contributed by atoms with Crippen molar-refractivity contribution in [3.8, 4) is 0 Å². The number of likely N-dealkylation sites (N-methyl/N-ethyl adjacent to an activating group) is 1. The molecule has 1 fully saturated rings. The largest absolute Gasteiger partial charge is 0.354 e. The highest BCUT2D eigenvalue weighted by Crippen LogP contribution is 2.23. The minimum atomic E-state index is -0.00967. The summed E-state index contributed by atoms with van der Waals surface area (Å²) in [6.07, 6.45) is 4.36. The average molecular weight is 319 g/mol. The summed E-state index contributed by atoms with van der Waals surface area (Å²) in [4.78, 5) is 22.3. The molecule has 1 atom stereocenters. The number of fused-ring (bicyclic) bond motifs is 1. The van der Waals surface area contributed by atoms with Crippen molar-refractivity contribution in [3.05, 3.63) is 11.6 Å². The molecule has 126 valence electrons. The first-order chi connectivity index (χ1) is 11.0. The van der Waals surface area contributed by atoms with Crippen LogP contribution in [-0.4, -0.2) is 58.2 Å². The highest BCUT2D eigenvalue weighted by Gasteiger charge is 2.27. The zero-order valence-corrected chi connectivity index (χ0v) is 14.0. The summed E-state index contributed by atoms with van der Waals surface area (Å²) in [6.45, 7) is 2.97. The van der Waals surface area contributed by atoms with E-state index in [0.717, 1.165) is 43.9 Å². The summed E-state index contributed by atoms with van der Waals surface area (Å²) in [7, 11) is 3.48. The van der Waals surface area contributed by atoms with E-state index in [2.05, 4.69) is 25.7 Å². The molecule has 0 bridgehead atoms. The fraction of sp³-hybridized carbons (Fsp3) is 0.733. The minimum Gasteiger partial charge on any atom is -0.354 e. The van der Waals surface area contributed by atoms with Crippen molar-refractivity contribution in [2.75, 3.05) is 20.6 Å². The van der Waals surface area contributed by atoms with Crippen LogP contribution in [0.3, 0.4) is 0 Å². The molecule has 2 heterocycles. The highest BCUT2D eigenvalue weighted by molar-refractivity contribution is 5.85. The van der Waals surface area contributed by atoms with Gasteiger partial charge in [-0.15, -0.1) is 0 Å². The molecule has 0 radical (unpaired) electrons. The van der Waals surface area contributed by atoms with Gasteiger partial charge in [0.2, 0.25) is 5.91 Å². The van der Waals surface area contributed by atoms with E-state index in [-0.39, 0.29) is 18.5 Å². The van der Waals surface area contributed by atoms with Crippen LogP contribution in [0, 0.1) is 6.92 Å². The molecular weight excluding hydrogens is 294 g/mol. The molecule has 0 saturated heterocycles. The van der Waals surface area contributed by atoms with Crippen LogP contribution < -0.4 is 10.6 Å². The summed E-state index contributed by atoms with van der Waals surface area (Å²) >= 11 is 0. The van der Waals surface area contributed by atoms with Crippen LogP contribution in [0.15, 0.2) is 4.99 Å². The number of aryl methyl sites for hydroxylation is 2. The molecular formula is C15H25N7O. The molecule has 1 aliphatic carbocycles. The number of aliphatic imine (C=N–C) groups is 1. The van der Waals surface area contributed by atoms with Gasteiger partial charge < -0.3 is 15.5 Å². The molecule has 1 aliphatic heterocycles. The van der Waals surface area contributed by atoms with Crippen LogP contribution in [0.1, 0.15) is 43.4 Å². The van der Waals surface area contributed by atoms with E-state index in [1.165, 1.54) is 0 Å². The standard InChI is InChI=1S/C15H25N7O/c1-10-17-14-12(5-4-8-22(14)20-10)19-15(18-11-6-7-11)16-9-13(23)21(2)3/h11-12H,4-9H2,1-3H3,(H2,16,18,19). The Hall–Kier alpha value is -2.12. The Morgan fingerprint density at radius 2 is 2.13 bits per heavy atom. The van der Waals surface area contributed by atoms with Crippen LogP contribution in [0.2, 0.25) is 0 Å². The molecule has 23 heavy (non-hydrogen) atoms. The number of hydrogen-bond donors (Lipinski definition) is 2. The van der Waals surface area contributed by atoms with Gasteiger partial charge in [-0.2, -0.15) is 5.10 Å². The summed E-state index contributed by atoms with van der Waals surface area (Å²) in [5, 5.41) is 11.2. The maximum absolute atomic E-state index is 11.8. The predicted octanol–water partition coefficient (Wildman–Crippen LogP) is 0.207. The van der Waals surface area contributed by atoms with Gasteiger partial charge in [-0.1, -0.05) is 0 Å². The number of aromatic nitrogens is 3. The van der Waals surface area contributed by atoms with Crippen molar-refractivity contribution in [3.63, 3.8) is 0 Å². The van der Waals surface area contributed by atoms with Gasteiger partial charge in [-0.25, -0.2) is 14.7 Å². The van der Waals surface area contributed by atoms with E-state index < -0.39 is 0 Å². The van der Waals surface area contributed by atoms with Gasteiger partial charge in [0.25, 0.3) is 0 Å². The first-order valence-electron chi connectivity index (χ1n) is 8.22. The maximum Gasteiger partial charge on any atom is 0.243 e. The second-order valence-corrected chi connectivity index (χ2v) is 6.45. The Morgan fingerprint density at radius 1 is 1.35 bits per heavy atom. The number of carbonyl (C=O) groups excluding carboxylic acids is 1. The van der Waals surface area contributed by atoms with Crippen molar-refractivity contribution in [2.45, 2.75) is 51.2 Å². The Labute approximate surface area is 136 Å². The first kappa shape index (κ1) is 15.8. The first-order valence-corrected chi connectivity index (χ1v) is 8.22. The SMILES string of the molecule is Cc1nc2n(n1)CCCC2NC(=NCC(=O)N(C)C)NC1CC1. The van der Waals surface area contributed by atoms with Gasteiger partial charge >= 0.3 is 0 Å². The molecule has 2 aliphatic rings. The summed E-state index contributed by atoms with van der Waals surface area (Å²) < 4.78 is 1.97. The van der Waals surface area contributed by atoms with E-state index in [9.17, 15) is 4.79 Å². The smallest absolute Gasteiger partial charge is 0.243 e. The average Bonchev–Trinajstić information content (AvgIpc) is 3.23. The highest BCUT2D eigenvalue weighted by atomic mass is 16.2. The van der Waals surface area contributed by atoms with E-state index in [1.54, 1.807) is 19.0 Å². The van der Waals surface area contributed by atoms with Crippen molar-refractivity contribution in [1.29, 1.82) is 0 Å². The van der Waals surface area contributed by atoms with E-state index >= 15 is 0 Å². The Kier molecular flexibility index (Phi) is 4.49. The molecule has 0 spiro atoms. The molecule has 1 aromatic rings. The van der Waals surface area contributed by atoms with Crippen LogP contribution >= 0.6 is 0 Å². The van der Waals surface area contributed by atoms with Gasteiger partial charge in [0.05, 0.1) is 6.04 Å². The van der Waals surface area contributed by atoms with Crippen molar-refractivity contribution < 1.29 is 4.79 Å². The summed E-state index contributed by atoms with van der Waals surface area (Å²) in [5.74, 6) is 2.44. The third-order valence-electron chi connectivity index (χ3n) is 4.08. The van der Waals surface area contributed by atoms with Crippen LogP contribution in [0.25, 0.3) is 0 Å². The predicted molar refractivity (Wildman–Crippen MR) is 87.0 cm³/mol. The lowest BCUT2D eigenvalue weighted by molar-refractivity contribution is -0.127. The quantitative estimate of drug-likeness (QED) is 0.612. The lowest BCUT2D eigenvalue weighted by Crippen LogP contribution is -2.43. The van der Waals surface area contributed by atoms with Crippen molar-refractivity contribution >= 4 is 11.9 Å². The zero-order chi connectivity index (χ0) is 16.4. The Bertz CT molecular complexity index is 603.